The van der Waals surface area contributed by atoms with Gasteiger partial charge in [-0.15, -0.1) is 0 Å². The lowest BCUT2D eigenvalue weighted by atomic mass is 9.97. The van der Waals surface area contributed by atoms with E-state index in [-0.39, 0.29) is 5.82 Å². The molecule has 0 aliphatic carbocycles. The van der Waals surface area contributed by atoms with E-state index in [9.17, 15) is 4.39 Å². The molecule has 2 aromatic rings. The lowest BCUT2D eigenvalue weighted by Gasteiger charge is -2.08. The Balaban J connectivity index is 2.58. The summed E-state index contributed by atoms with van der Waals surface area (Å²) < 4.78 is 13.1. The Morgan fingerprint density at radius 2 is 2.00 bits per heavy atom. The number of rotatable bonds is 2. The SMILES string of the molecule is CCc1ccc(C)cc1-c1cncc(F)c1. The average molecular weight is 215 g/mol. The van der Waals surface area contributed by atoms with Crippen LogP contribution in [-0.2, 0) is 6.42 Å². The molecule has 0 unspecified atom stereocenters. The Morgan fingerprint density at radius 1 is 1.19 bits per heavy atom. The van der Waals surface area contributed by atoms with E-state index in [2.05, 4.69) is 30.1 Å². The van der Waals surface area contributed by atoms with E-state index in [0.717, 1.165) is 17.5 Å². The van der Waals surface area contributed by atoms with Crippen LogP contribution in [0, 0.1) is 12.7 Å². The van der Waals surface area contributed by atoms with Crippen molar-refractivity contribution in [2.75, 3.05) is 0 Å². The van der Waals surface area contributed by atoms with Crippen LogP contribution in [0.25, 0.3) is 11.1 Å². The molecule has 0 aliphatic rings. The second-order valence-corrected chi connectivity index (χ2v) is 3.91. The first-order chi connectivity index (χ1) is 7.70. The van der Waals surface area contributed by atoms with Crippen molar-refractivity contribution < 1.29 is 4.39 Å². The highest BCUT2D eigenvalue weighted by Gasteiger charge is 2.05. The second kappa shape index (κ2) is 4.44. The van der Waals surface area contributed by atoms with E-state index < -0.39 is 0 Å². The zero-order valence-corrected chi connectivity index (χ0v) is 9.50. The van der Waals surface area contributed by atoms with E-state index in [1.165, 1.54) is 23.4 Å². The molecule has 0 saturated heterocycles. The maximum absolute atomic E-state index is 13.1. The summed E-state index contributed by atoms with van der Waals surface area (Å²) in [5.74, 6) is -0.291. The molecule has 0 saturated carbocycles. The van der Waals surface area contributed by atoms with Crippen LogP contribution >= 0.6 is 0 Å². The van der Waals surface area contributed by atoms with Crippen LogP contribution in [0.2, 0.25) is 0 Å². The van der Waals surface area contributed by atoms with Gasteiger partial charge in [0.2, 0.25) is 0 Å². The number of pyridine rings is 1. The van der Waals surface area contributed by atoms with E-state index in [1.54, 1.807) is 6.20 Å². The van der Waals surface area contributed by atoms with Gasteiger partial charge in [0.1, 0.15) is 5.82 Å². The molecule has 0 radical (unpaired) electrons. The van der Waals surface area contributed by atoms with Gasteiger partial charge in [0.05, 0.1) is 6.20 Å². The van der Waals surface area contributed by atoms with Gasteiger partial charge in [-0.3, -0.25) is 4.98 Å². The van der Waals surface area contributed by atoms with Crippen molar-refractivity contribution in [1.29, 1.82) is 0 Å². The maximum Gasteiger partial charge on any atom is 0.142 e. The lowest BCUT2D eigenvalue weighted by molar-refractivity contribution is 0.622. The van der Waals surface area contributed by atoms with Crippen molar-refractivity contribution in [3.8, 4) is 11.1 Å². The molecule has 0 N–H and O–H groups in total. The number of hydrogen-bond acceptors (Lipinski definition) is 1. The molecule has 2 heteroatoms. The summed E-state index contributed by atoms with van der Waals surface area (Å²) in [5, 5.41) is 0. The molecule has 0 spiro atoms. The topological polar surface area (TPSA) is 12.9 Å². The first-order valence-electron chi connectivity index (χ1n) is 5.41. The Hall–Kier alpha value is -1.70. The first kappa shape index (κ1) is 10.8. The molecular weight excluding hydrogens is 201 g/mol. The fourth-order valence-electron chi connectivity index (χ4n) is 1.83. The highest BCUT2D eigenvalue weighted by Crippen LogP contribution is 2.25. The number of nitrogens with zero attached hydrogens (tertiary/aromatic N) is 1. The first-order valence-corrected chi connectivity index (χ1v) is 5.41. The highest BCUT2D eigenvalue weighted by molar-refractivity contribution is 5.67. The van der Waals surface area contributed by atoms with Crippen LogP contribution in [0.3, 0.4) is 0 Å². The fourth-order valence-corrected chi connectivity index (χ4v) is 1.83. The Labute approximate surface area is 95.0 Å². The quantitative estimate of drug-likeness (QED) is 0.743. The number of hydrogen-bond donors (Lipinski definition) is 0. The minimum Gasteiger partial charge on any atom is -0.261 e. The van der Waals surface area contributed by atoms with Gasteiger partial charge in [-0.05, 0) is 30.5 Å². The van der Waals surface area contributed by atoms with Crippen LogP contribution < -0.4 is 0 Å². The third kappa shape index (κ3) is 2.11. The summed E-state index contributed by atoms with van der Waals surface area (Å²) in [6.45, 7) is 4.14. The Kier molecular flexibility index (Phi) is 3.00. The summed E-state index contributed by atoms with van der Waals surface area (Å²) in [6.07, 6.45) is 3.87. The van der Waals surface area contributed by atoms with Gasteiger partial charge >= 0.3 is 0 Å². The van der Waals surface area contributed by atoms with Crippen molar-refractivity contribution in [1.82, 2.24) is 4.98 Å². The fraction of sp³-hybridized carbons (Fsp3) is 0.214. The van der Waals surface area contributed by atoms with Gasteiger partial charge in [0, 0.05) is 11.8 Å². The van der Waals surface area contributed by atoms with Crippen LogP contribution in [0.5, 0.6) is 0 Å². The zero-order chi connectivity index (χ0) is 11.5. The molecule has 1 heterocycles. The summed E-state index contributed by atoms with van der Waals surface area (Å²) in [7, 11) is 0. The average Bonchev–Trinajstić information content (AvgIpc) is 2.29. The summed E-state index contributed by atoms with van der Waals surface area (Å²) >= 11 is 0. The van der Waals surface area contributed by atoms with Crippen molar-refractivity contribution in [3.05, 3.63) is 53.6 Å². The van der Waals surface area contributed by atoms with E-state index in [0.29, 0.717) is 0 Å². The number of benzene rings is 1. The number of aryl methyl sites for hydroxylation is 2. The maximum atomic E-state index is 13.1. The van der Waals surface area contributed by atoms with E-state index in [4.69, 9.17) is 0 Å². The minimum absolute atomic E-state index is 0.291. The molecule has 0 bridgehead atoms. The van der Waals surface area contributed by atoms with Crippen LogP contribution in [-0.4, -0.2) is 4.98 Å². The Morgan fingerprint density at radius 3 is 2.69 bits per heavy atom. The standard InChI is InChI=1S/C14H14FN/c1-3-11-5-4-10(2)6-14(11)12-7-13(15)9-16-8-12/h4-9H,3H2,1-2H3. The van der Waals surface area contributed by atoms with Gasteiger partial charge in [-0.1, -0.05) is 30.7 Å². The van der Waals surface area contributed by atoms with Gasteiger partial charge in [0.25, 0.3) is 0 Å². The van der Waals surface area contributed by atoms with Gasteiger partial charge in [-0.2, -0.15) is 0 Å². The summed E-state index contributed by atoms with van der Waals surface area (Å²) in [6, 6.07) is 7.78. The summed E-state index contributed by atoms with van der Waals surface area (Å²) in [4.78, 5) is 3.89. The van der Waals surface area contributed by atoms with Crippen molar-refractivity contribution in [3.63, 3.8) is 0 Å². The number of halogens is 1. The zero-order valence-electron chi connectivity index (χ0n) is 9.50. The Bertz CT molecular complexity index is 506. The molecule has 1 aromatic carbocycles. The van der Waals surface area contributed by atoms with Gasteiger partial charge < -0.3 is 0 Å². The molecule has 0 amide bonds. The molecule has 16 heavy (non-hydrogen) atoms. The van der Waals surface area contributed by atoms with Gasteiger partial charge in [-0.25, -0.2) is 4.39 Å². The van der Waals surface area contributed by atoms with Crippen LogP contribution in [0.4, 0.5) is 4.39 Å². The van der Waals surface area contributed by atoms with E-state index >= 15 is 0 Å². The largest absolute Gasteiger partial charge is 0.261 e. The number of aromatic nitrogens is 1. The van der Waals surface area contributed by atoms with Crippen molar-refractivity contribution >= 4 is 0 Å². The van der Waals surface area contributed by atoms with Gasteiger partial charge in [0.15, 0.2) is 0 Å². The molecule has 0 aliphatic heterocycles. The molecule has 1 aromatic heterocycles. The highest BCUT2D eigenvalue weighted by atomic mass is 19.1. The monoisotopic (exact) mass is 215 g/mol. The molecule has 82 valence electrons. The molecule has 2 rings (SSSR count). The predicted octanol–water partition coefficient (Wildman–Crippen LogP) is 3.76. The lowest BCUT2D eigenvalue weighted by Crippen LogP contribution is -1.90. The predicted molar refractivity (Wildman–Crippen MR) is 63.7 cm³/mol. The molecule has 0 fully saturated rings. The van der Waals surface area contributed by atoms with Crippen LogP contribution in [0.15, 0.2) is 36.7 Å². The van der Waals surface area contributed by atoms with Crippen molar-refractivity contribution in [2.24, 2.45) is 0 Å². The summed E-state index contributed by atoms with van der Waals surface area (Å²) in [5.41, 5.74) is 4.32. The normalized spacial score (nSPS) is 10.4. The third-order valence-corrected chi connectivity index (χ3v) is 2.66. The van der Waals surface area contributed by atoms with Crippen molar-refractivity contribution in [2.45, 2.75) is 20.3 Å². The minimum atomic E-state index is -0.291. The van der Waals surface area contributed by atoms with E-state index in [1.807, 2.05) is 6.92 Å². The smallest absolute Gasteiger partial charge is 0.142 e. The second-order valence-electron chi connectivity index (χ2n) is 3.91. The molecule has 1 nitrogen and oxygen atoms in total. The van der Waals surface area contributed by atoms with Crippen LogP contribution in [0.1, 0.15) is 18.1 Å². The molecule has 0 atom stereocenters. The molecular formula is C14H14FN. The third-order valence-electron chi connectivity index (χ3n) is 2.66.